The van der Waals surface area contributed by atoms with Gasteiger partial charge in [-0.3, -0.25) is 9.59 Å². The van der Waals surface area contributed by atoms with E-state index in [1.807, 2.05) is 0 Å². The molecule has 0 bridgehead atoms. The third-order valence-corrected chi connectivity index (χ3v) is 2.24. The van der Waals surface area contributed by atoms with Crippen LogP contribution < -0.4 is 0 Å². The number of carbonyl (C=O) groups excluding carboxylic acids is 2. The van der Waals surface area contributed by atoms with Crippen LogP contribution in [0.3, 0.4) is 0 Å². The van der Waals surface area contributed by atoms with Crippen LogP contribution in [-0.4, -0.2) is 11.6 Å². The Morgan fingerprint density at radius 3 is 1.61 bits per heavy atom. The highest BCUT2D eigenvalue weighted by molar-refractivity contribution is 6.08. The molecule has 0 amide bonds. The minimum atomic E-state index is -2.34. The van der Waals surface area contributed by atoms with Gasteiger partial charge in [-0.2, -0.15) is 0 Å². The number of rotatable bonds is 4. The first-order valence-electron chi connectivity index (χ1n) is 4.87. The van der Waals surface area contributed by atoms with Crippen LogP contribution in [0.15, 0.2) is 0 Å². The normalized spacial score (nSPS) is 10.6. The molecule has 98 valence electrons. The van der Waals surface area contributed by atoms with Crippen LogP contribution in [0.5, 0.6) is 0 Å². The van der Waals surface area contributed by atoms with Crippen molar-refractivity contribution in [1.29, 1.82) is 0 Å². The molecule has 0 radical (unpaired) electrons. The molecule has 2 nitrogen and oxygen atoms in total. The Morgan fingerprint density at radius 2 is 1.22 bits per heavy atom. The average molecular weight is 266 g/mol. The molecule has 0 aromatic heterocycles. The van der Waals surface area contributed by atoms with Crippen molar-refractivity contribution in [1.82, 2.24) is 0 Å². The lowest BCUT2D eigenvalue weighted by molar-refractivity contribution is -0.117. The molecule has 0 unspecified atom stereocenters. The fraction of sp³-hybridized carbons (Fsp3) is 0.273. The second-order valence-electron chi connectivity index (χ2n) is 3.44. The van der Waals surface area contributed by atoms with Gasteiger partial charge in [-0.1, -0.05) is 6.92 Å². The van der Waals surface area contributed by atoms with Crippen LogP contribution in [0.2, 0.25) is 0 Å². The summed E-state index contributed by atoms with van der Waals surface area (Å²) in [6, 6.07) is 0. The maximum Gasteiger partial charge on any atom is 0.200 e. The summed E-state index contributed by atoms with van der Waals surface area (Å²) < 4.78 is 64.6. The Labute approximate surface area is 98.4 Å². The van der Waals surface area contributed by atoms with E-state index in [-0.39, 0.29) is 6.42 Å². The number of carbonyl (C=O) groups is 2. The van der Waals surface area contributed by atoms with Gasteiger partial charge in [-0.25, -0.2) is 22.0 Å². The maximum atomic E-state index is 13.2. The third-order valence-electron chi connectivity index (χ3n) is 2.24. The number of hydrogen-bond donors (Lipinski definition) is 0. The van der Waals surface area contributed by atoms with Crippen LogP contribution in [0.25, 0.3) is 0 Å². The Hall–Kier alpha value is -1.79. The van der Waals surface area contributed by atoms with E-state index >= 15 is 0 Å². The van der Waals surface area contributed by atoms with E-state index in [1.165, 1.54) is 6.92 Å². The Balaban J connectivity index is 3.33. The number of Topliss-reactive ketones (excluding diaryl/α,β-unsaturated/α-hetero) is 2. The Bertz CT molecular complexity index is 496. The molecule has 18 heavy (non-hydrogen) atoms. The van der Waals surface area contributed by atoms with E-state index < -0.39 is 52.6 Å². The lowest BCUT2D eigenvalue weighted by Crippen LogP contribution is -2.15. The van der Waals surface area contributed by atoms with Crippen LogP contribution in [0.1, 0.15) is 30.1 Å². The molecule has 0 aliphatic heterocycles. The molecule has 0 N–H and O–H groups in total. The first-order chi connectivity index (χ1) is 8.31. The topological polar surface area (TPSA) is 34.1 Å². The van der Waals surface area contributed by atoms with Crippen molar-refractivity contribution in [2.75, 3.05) is 0 Å². The van der Waals surface area contributed by atoms with E-state index in [9.17, 15) is 31.5 Å². The smallest absolute Gasteiger partial charge is 0.200 e. The van der Waals surface area contributed by atoms with Crippen LogP contribution in [0.4, 0.5) is 22.0 Å². The van der Waals surface area contributed by atoms with Crippen LogP contribution >= 0.6 is 0 Å². The summed E-state index contributed by atoms with van der Waals surface area (Å²) in [5, 5.41) is 0. The molecule has 0 heterocycles. The summed E-state index contributed by atoms with van der Waals surface area (Å²) in [4.78, 5) is 22.2. The van der Waals surface area contributed by atoms with Gasteiger partial charge in [0.15, 0.2) is 29.1 Å². The molecule has 0 saturated heterocycles. The molecule has 7 heteroatoms. The van der Waals surface area contributed by atoms with Crippen molar-refractivity contribution in [3.8, 4) is 0 Å². The first-order valence-corrected chi connectivity index (χ1v) is 4.87. The summed E-state index contributed by atoms with van der Waals surface area (Å²) in [5.41, 5.74) is -1.58. The molecule has 0 saturated carbocycles. The summed E-state index contributed by atoms with van der Waals surface area (Å²) >= 11 is 0. The van der Waals surface area contributed by atoms with Crippen molar-refractivity contribution in [2.45, 2.75) is 19.8 Å². The summed E-state index contributed by atoms with van der Waals surface area (Å²) in [6.45, 7) is 1.40. The molecule has 1 rings (SSSR count). The maximum absolute atomic E-state index is 13.2. The van der Waals surface area contributed by atoms with E-state index in [1.54, 1.807) is 0 Å². The molecular formula is C11H7F5O2. The second-order valence-corrected chi connectivity index (χ2v) is 3.44. The third kappa shape index (κ3) is 2.39. The zero-order chi connectivity index (χ0) is 14.0. The summed E-state index contributed by atoms with van der Waals surface area (Å²) in [7, 11) is 0. The lowest BCUT2D eigenvalue weighted by Gasteiger charge is -2.06. The number of ketones is 2. The van der Waals surface area contributed by atoms with Crippen molar-refractivity contribution in [3.63, 3.8) is 0 Å². The summed E-state index contributed by atoms with van der Waals surface area (Å²) in [6.07, 6.45) is -0.990. The van der Waals surface area contributed by atoms with Crippen LogP contribution in [0, 0.1) is 29.1 Å². The highest BCUT2D eigenvalue weighted by atomic mass is 19.2. The van der Waals surface area contributed by atoms with Gasteiger partial charge in [0.05, 0.1) is 12.0 Å². The van der Waals surface area contributed by atoms with E-state index in [4.69, 9.17) is 0 Å². The number of halogens is 5. The number of benzene rings is 1. The first kappa shape index (κ1) is 14.3. The molecule has 0 atom stereocenters. The minimum absolute atomic E-state index is 0.0822. The van der Waals surface area contributed by atoms with Gasteiger partial charge in [0.2, 0.25) is 5.82 Å². The zero-order valence-corrected chi connectivity index (χ0v) is 9.12. The van der Waals surface area contributed by atoms with Crippen LogP contribution in [-0.2, 0) is 4.79 Å². The average Bonchev–Trinajstić information content (AvgIpc) is 2.34. The minimum Gasteiger partial charge on any atom is -0.299 e. The highest BCUT2D eigenvalue weighted by Crippen LogP contribution is 2.24. The summed E-state index contributed by atoms with van der Waals surface area (Å²) in [5.74, 6) is -13.3. The number of hydrogen-bond acceptors (Lipinski definition) is 2. The largest absolute Gasteiger partial charge is 0.299 e. The molecule has 0 fully saturated rings. The zero-order valence-electron chi connectivity index (χ0n) is 9.12. The van der Waals surface area contributed by atoms with Gasteiger partial charge >= 0.3 is 0 Å². The Kier molecular flexibility index (Phi) is 4.15. The van der Waals surface area contributed by atoms with Gasteiger partial charge in [-0.15, -0.1) is 0 Å². The molecular weight excluding hydrogens is 259 g/mol. The van der Waals surface area contributed by atoms with E-state index in [0.29, 0.717) is 0 Å². The Morgan fingerprint density at radius 1 is 0.833 bits per heavy atom. The van der Waals surface area contributed by atoms with Gasteiger partial charge in [0.1, 0.15) is 5.78 Å². The molecule has 0 aliphatic carbocycles. The monoisotopic (exact) mass is 266 g/mol. The SMILES string of the molecule is CCC(=O)CC(=O)c1c(F)c(F)c(F)c(F)c1F. The fourth-order valence-electron chi connectivity index (χ4n) is 1.24. The van der Waals surface area contributed by atoms with Gasteiger partial charge in [0.25, 0.3) is 0 Å². The van der Waals surface area contributed by atoms with Gasteiger partial charge in [-0.05, 0) is 0 Å². The van der Waals surface area contributed by atoms with E-state index in [0.717, 1.165) is 0 Å². The van der Waals surface area contributed by atoms with Crippen molar-refractivity contribution >= 4 is 11.6 Å². The highest BCUT2D eigenvalue weighted by Gasteiger charge is 2.29. The molecule has 1 aromatic rings. The fourth-order valence-corrected chi connectivity index (χ4v) is 1.24. The van der Waals surface area contributed by atoms with Crippen molar-refractivity contribution < 1.29 is 31.5 Å². The molecule has 1 aromatic carbocycles. The van der Waals surface area contributed by atoms with Gasteiger partial charge < -0.3 is 0 Å². The predicted octanol–water partition coefficient (Wildman–Crippen LogP) is 2.93. The standard InChI is InChI=1S/C11H7F5O2/c1-2-4(17)3-5(18)6-7(12)9(14)11(16)10(15)8(6)13/h2-3H2,1H3. The van der Waals surface area contributed by atoms with Crippen molar-refractivity contribution in [3.05, 3.63) is 34.6 Å². The van der Waals surface area contributed by atoms with Crippen molar-refractivity contribution in [2.24, 2.45) is 0 Å². The second kappa shape index (κ2) is 5.24. The predicted molar refractivity (Wildman–Crippen MR) is 50.5 cm³/mol. The lowest BCUT2D eigenvalue weighted by atomic mass is 10.0. The van der Waals surface area contributed by atoms with E-state index in [2.05, 4.69) is 0 Å². The molecule has 0 spiro atoms. The van der Waals surface area contributed by atoms with Gasteiger partial charge in [0, 0.05) is 6.42 Å². The molecule has 0 aliphatic rings. The quantitative estimate of drug-likeness (QED) is 0.276.